The molecular weight excluding hydrogens is 412 g/mol. The highest BCUT2D eigenvalue weighted by molar-refractivity contribution is 9.10. The third kappa shape index (κ3) is 11.6. The van der Waals surface area contributed by atoms with Gasteiger partial charge in [0, 0.05) is 0 Å². The van der Waals surface area contributed by atoms with E-state index in [4.69, 9.17) is 15.9 Å². The second kappa shape index (κ2) is 15.6. The lowest BCUT2D eigenvalue weighted by molar-refractivity contribution is -0.146. The summed E-state index contributed by atoms with van der Waals surface area (Å²) in [5.41, 5.74) is 5.00. The fourth-order valence-corrected chi connectivity index (χ4v) is 1.23. The molecule has 0 aromatic heterocycles. The van der Waals surface area contributed by atoms with Crippen LogP contribution in [0.15, 0.2) is 0 Å². The Morgan fingerprint density at radius 2 is 1.54 bits per heavy atom. The monoisotopic (exact) mass is 436 g/mol. The molecule has 0 aliphatic heterocycles. The number of ether oxygens (including phenoxy) is 2. The molecule has 0 radical (unpaired) electrons. The van der Waals surface area contributed by atoms with Crippen LogP contribution in [0.5, 0.6) is 0 Å². The van der Waals surface area contributed by atoms with E-state index in [1.54, 1.807) is 0 Å². The number of carbonyl (C=O) groups is 3. The van der Waals surface area contributed by atoms with E-state index in [0.717, 1.165) is 0 Å². The molecule has 1 amide bonds. The number of amides is 1. The molecule has 0 rings (SSSR count). The van der Waals surface area contributed by atoms with Crippen LogP contribution in [0.4, 0.5) is 0 Å². The Balaban J connectivity index is -0.000000419. The number of rotatable bonds is 7. The highest BCUT2D eigenvalue weighted by Crippen LogP contribution is 2.11. The predicted molar refractivity (Wildman–Crippen MR) is 92.9 cm³/mol. The molecule has 144 valence electrons. The van der Waals surface area contributed by atoms with Crippen LogP contribution >= 0.6 is 28.3 Å². The van der Waals surface area contributed by atoms with Crippen LogP contribution in [-0.2, 0) is 23.9 Å². The molecule has 0 aliphatic carbocycles. The van der Waals surface area contributed by atoms with Crippen LogP contribution in [-0.4, -0.2) is 72.4 Å². The zero-order chi connectivity index (χ0) is 18.6. The van der Waals surface area contributed by atoms with E-state index in [2.05, 4.69) is 30.7 Å². The summed E-state index contributed by atoms with van der Waals surface area (Å²) >= 11 is 3.19. The molecule has 0 aromatic carbocycles. The number of carbonyl (C=O) groups excluding carboxylic acids is 3. The van der Waals surface area contributed by atoms with Crippen molar-refractivity contribution in [2.45, 2.75) is 30.8 Å². The molecule has 3 unspecified atom stereocenters. The van der Waals surface area contributed by atoms with Gasteiger partial charge in [-0.25, -0.2) is 4.79 Å². The number of nitrogens with two attached hydrogens (primary N) is 1. The number of hydrogen-bond acceptors (Lipinski definition) is 8. The normalized spacial score (nSPS) is 13.4. The zero-order valence-corrected chi connectivity index (χ0v) is 16.4. The number of methoxy groups -OCH3 is 2. The van der Waals surface area contributed by atoms with Gasteiger partial charge in [0.1, 0.15) is 6.04 Å². The van der Waals surface area contributed by atoms with Crippen molar-refractivity contribution in [2.75, 3.05) is 27.4 Å². The molecule has 0 spiro atoms. The first-order valence-electron chi connectivity index (χ1n) is 6.73. The maximum Gasteiger partial charge on any atom is 0.330 e. The summed E-state index contributed by atoms with van der Waals surface area (Å²) in [6, 6.07) is -1.89. The molecule has 5 N–H and O–H groups in total. The molecule has 0 bridgehead atoms. The van der Waals surface area contributed by atoms with E-state index in [1.807, 2.05) is 13.8 Å². The number of nitrogens with one attached hydrogen (secondary N) is 1. The molecule has 11 heteroatoms. The number of hydrogen-bond donors (Lipinski definition) is 4. The van der Waals surface area contributed by atoms with Gasteiger partial charge in [0.2, 0.25) is 5.91 Å². The lowest BCUT2D eigenvalue weighted by Gasteiger charge is -2.18. The molecular formula is C13H26BrClN2O7. The van der Waals surface area contributed by atoms with Crippen molar-refractivity contribution in [1.82, 2.24) is 5.32 Å². The highest BCUT2D eigenvalue weighted by atomic mass is 79.9. The van der Waals surface area contributed by atoms with Gasteiger partial charge in [-0.3, -0.25) is 9.59 Å². The molecule has 9 nitrogen and oxygen atoms in total. The maximum atomic E-state index is 11.5. The van der Waals surface area contributed by atoms with Crippen molar-refractivity contribution in [1.29, 1.82) is 0 Å². The molecule has 0 fully saturated rings. The van der Waals surface area contributed by atoms with Crippen LogP contribution in [0.3, 0.4) is 0 Å². The van der Waals surface area contributed by atoms with Crippen molar-refractivity contribution >= 4 is 46.2 Å². The largest absolute Gasteiger partial charge is 0.468 e. The Kier molecular flexibility index (Phi) is 18.1. The number of esters is 2. The lowest BCUT2D eigenvalue weighted by atomic mass is 10.1. The third-order valence-electron chi connectivity index (χ3n) is 2.52. The first-order valence-corrected chi connectivity index (χ1v) is 7.65. The smallest absolute Gasteiger partial charge is 0.330 e. The van der Waals surface area contributed by atoms with Gasteiger partial charge < -0.3 is 30.7 Å². The fourth-order valence-electron chi connectivity index (χ4n) is 1.10. The summed E-state index contributed by atoms with van der Waals surface area (Å²) in [5.74, 6) is -1.49. The minimum atomic E-state index is -0.999. The predicted octanol–water partition coefficient (Wildman–Crippen LogP) is -1.04. The average molecular weight is 438 g/mol. The summed E-state index contributed by atoms with van der Waals surface area (Å²) in [7, 11) is 2.42. The van der Waals surface area contributed by atoms with Gasteiger partial charge >= 0.3 is 11.9 Å². The van der Waals surface area contributed by atoms with Crippen molar-refractivity contribution in [3.8, 4) is 0 Å². The van der Waals surface area contributed by atoms with E-state index >= 15 is 0 Å². The fraction of sp³-hybridized carbons (Fsp3) is 0.769. The number of aliphatic hydroxyl groups is 2. The topological polar surface area (TPSA) is 148 Å². The van der Waals surface area contributed by atoms with E-state index in [-0.39, 0.29) is 30.8 Å². The second-order valence-corrected chi connectivity index (χ2v) is 5.71. The van der Waals surface area contributed by atoms with Gasteiger partial charge in [-0.2, -0.15) is 0 Å². The average Bonchev–Trinajstić information content (AvgIpc) is 2.56. The van der Waals surface area contributed by atoms with Gasteiger partial charge in [0.05, 0.1) is 32.3 Å². The Morgan fingerprint density at radius 3 is 1.79 bits per heavy atom. The number of halogens is 2. The van der Waals surface area contributed by atoms with Gasteiger partial charge in [0.15, 0.2) is 6.04 Å². The van der Waals surface area contributed by atoms with Gasteiger partial charge in [-0.05, 0) is 5.92 Å². The Bertz CT molecular complexity index is 385. The van der Waals surface area contributed by atoms with E-state index in [0.29, 0.717) is 0 Å². The molecule has 3 atom stereocenters. The maximum absolute atomic E-state index is 11.5. The lowest BCUT2D eigenvalue weighted by Crippen LogP contribution is -2.47. The van der Waals surface area contributed by atoms with Crippen LogP contribution in [0.25, 0.3) is 0 Å². The summed E-state index contributed by atoms with van der Waals surface area (Å²) in [6.07, 6.45) is 0. The van der Waals surface area contributed by atoms with Crippen molar-refractivity contribution < 1.29 is 34.1 Å². The van der Waals surface area contributed by atoms with Crippen LogP contribution in [0, 0.1) is 5.92 Å². The minimum Gasteiger partial charge on any atom is -0.468 e. The van der Waals surface area contributed by atoms with E-state index in [1.165, 1.54) is 14.2 Å². The summed E-state index contributed by atoms with van der Waals surface area (Å²) < 4.78 is 8.59. The zero-order valence-electron chi connectivity index (χ0n) is 14.0. The van der Waals surface area contributed by atoms with Crippen LogP contribution < -0.4 is 11.1 Å². The Hall–Kier alpha value is -0.940. The SMILES string of the molecule is COC(=O)C(CO)NC(=O)C(Br)C(C)C.COC(=O)C(N)CO.Cl. The first kappa shape index (κ1) is 27.9. The van der Waals surface area contributed by atoms with Gasteiger partial charge in [0.25, 0.3) is 0 Å². The van der Waals surface area contributed by atoms with Crippen molar-refractivity contribution in [2.24, 2.45) is 11.7 Å². The summed E-state index contributed by atoms with van der Waals surface area (Å²) in [6.45, 7) is 2.89. The summed E-state index contributed by atoms with van der Waals surface area (Å²) in [5, 5.41) is 19.5. The Morgan fingerprint density at radius 1 is 1.08 bits per heavy atom. The van der Waals surface area contributed by atoms with Crippen LogP contribution in [0.2, 0.25) is 0 Å². The van der Waals surface area contributed by atoms with Crippen molar-refractivity contribution in [3.63, 3.8) is 0 Å². The highest BCUT2D eigenvalue weighted by Gasteiger charge is 2.25. The summed E-state index contributed by atoms with van der Waals surface area (Å²) in [4.78, 5) is 32.4. The first-order chi connectivity index (χ1) is 10.7. The van der Waals surface area contributed by atoms with Crippen molar-refractivity contribution in [3.05, 3.63) is 0 Å². The molecule has 0 heterocycles. The van der Waals surface area contributed by atoms with E-state index < -0.39 is 35.5 Å². The molecule has 0 saturated heterocycles. The molecule has 24 heavy (non-hydrogen) atoms. The Labute approximate surface area is 155 Å². The standard InChI is InChI=1S/C9H16BrNO4.C4H9NO3.ClH/c1-5(2)7(10)8(13)11-6(4-12)9(14)15-3;1-8-4(7)3(5)2-6;/h5-7,12H,4H2,1-3H3,(H,11,13);3,6H,2,5H2,1H3;1H. The minimum absolute atomic E-state index is 0. The number of aliphatic hydroxyl groups excluding tert-OH is 2. The third-order valence-corrected chi connectivity index (χ3v) is 3.99. The van der Waals surface area contributed by atoms with E-state index in [9.17, 15) is 14.4 Å². The quantitative estimate of drug-likeness (QED) is 0.291. The van der Waals surface area contributed by atoms with Crippen LogP contribution in [0.1, 0.15) is 13.8 Å². The second-order valence-electron chi connectivity index (χ2n) is 4.72. The molecule has 0 saturated carbocycles. The molecule has 0 aromatic rings. The number of alkyl halides is 1. The van der Waals surface area contributed by atoms with Gasteiger partial charge in [-0.1, -0.05) is 29.8 Å². The van der Waals surface area contributed by atoms with Gasteiger partial charge in [-0.15, -0.1) is 12.4 Å². The molecule has 0 aliphatic rings.